The smallest absolute Gasteiger partial charge is 0.246 e. The number of nitrogens with zero attached hydrogens (tertiary/aromatic N) is 2. The lowest BCUT2D eigenvalue weighted by molar-refractivity contribution is -0.118. The van der Waals surface area contributed by atoms with Gasteiger partial charge < -0.3 is 9.88 Å². The second-order valence-electron chi connectivity index (χ2n) is 7.61. The van der Waals surface area contributed by atoms with Crippen molar-refractivity contribution < 1.29 is 4.79 Å². The van der Waals surface area contributed by atoms with Crippen molar-refractivity contribution in [3.8, 4) is 0 Å². The number of para-hydroxylation sites is 2. The van der Waals surface area contributed by atoms with Crippen LogP contribution in [0.25, 0.3) is 11.0 Å². The molecule has 0 radical (unpaired) electrons. The standard InChI is InChI=1S/C25H26N4O/c1-17-13-14-18(2)21(15-17)28-25(30)24(19-9-5-4-6-10-19)26-16-23-27-20-11-7-8-12-22(20)29(23)3/h4-15,24,26H,16H2,1-3H3,(H,28,30)/t24-/m0/s1. The molecule has 2 N–H and O–H groups in total. The molecule has 0 spiro atoms. The molecule has 1 aromatic heterocycles. The van der Waals surface area contributed by atoms with Gasteiger partial charge in [0.25, 0.3) is 0 Å². The number of hydrogen-bond acceptors (Lipinski definition) is 3. The van der Waals surface area contributed by atoms with Crippen LogP contribution in [-0.4, -0.2) is 15.5 Å². The Bertz CT molecular complexity index is 1180. The maximum absolute atomic E-state index is 13.3. The highest BCUT2D eigenvalue weighted by Gasteiger charge is 2.21. The molecule has 0 fully saturated rings. The molecule has 1 amide bonds. The summed E-state index contributed by atoms with van der Waals surface area (Å²) in [6.07, 6.45) is 0. The SMILES string of the molecule is Cc1ccc(C)c(NC(=O)[C@@H](NCc2nc3ccccc3n2C)c2ccccc2)c1. The highest BCUT2D eigenvalue weighted by Crippen LogP contribution is 2.21. The fourth-order valence-corrected chi connectivity index (χ4v) is 3.63. The van der Waals surface area contributed by atoms with Gasteiger partial charge in [0.15, 0.2) is 0 Å². The number of aryl methyl sites for hydroxylation is 3. The van der Waals surface area contributed by atoms with Crippen molar-refractivity contribution >= 4 is 22.6 Å². The molecule has 0 saturated heterocycles. The summed E-state index contributed by atoms with van der Waals surface area (Å²) in [6, 6.07) is 23.4. The van der Waals surface area contributed by atoms with E-state index in [0.717, 1.165) is 39.2 Å². The molecule has 0 aliphatic heterocycles. The molecular weight excluding hydrogens is 372 g/mol. The maximum Gasteiger partial charge on any atom is 0.246 e. The Balaban J connectivity index is 1.59. The number of imidazole rings is 1. The molecule has 0 aliphatic rings. The van der Waals surface area contributed by atoms with E-state index in [1.54, 1.807) is 0 Å². The maximum atomic E-state index is 13.3. The van der Waals surface area contributed by atoms with E-state index in [1.165, 1.54) is 0 Å². The molecule has 0 aliphatic carbocycles. The fraction of sp³-hybridized carbons (Fsp3) is 0.200. The van der Waals surface area contributed by atoms with Crippen LogP contribution >= 0.6 is 0 Å². The van der Waals surface area contributed by atoms with Gasteiger partial charge in [-0.2, -0.15) is 0 Å². The van der Waals surface area contributed by atoms with E-state index in [2.05, 4.69) is 15.2 Å². The summed E-state index contributed by atoms with van der Waals surface area (Å²) < 4.78 is 2.06. The zero-order valence-electron chi connectivity index (χ0n) is 17.5. The Hall–Kier alpha value is -3.44. The molecule has 0 bridgehead atoms. The van der Waals surface area contributed by atoms with Crippen LogP contribution in [0.2, 0.25) is 0 Å². The summed E-state index contributed by atoms with van der Waals surface area (Å²) in [7, 11) is 2.00. The van der Waals surface area contributed by atoms with Crippen LogP contribution in [0.1, 0.15) is 28.6 Å². The van der Waals surface area contributed by atoms with Gasteiger partial charge in [-0.1, -0.05) is 54.6 Å². The number of aromatic nitrogens is 2. The molecule has 30 heavy (non-hydrogen) atoms. The van der Waals surface area contributed by atoms with Gasteiger partial charge in [0.2, 0.25) is 5.91 Å². The van der Waals surface area contributed by atoms with E-state index in [9.17, 15) is 4.79 Å². The van der Waals surface area contributed by atoms with Crippen molar-refractivity contribution in [2.24, 2.45) is 7.05 Å². The van der Waals surface area contributed by atoms with Gasteiger partial charge in [0.1, 0.15) is 11.9 Å². The molecular formula is C25H26N4O. The van der Waals surface area contributed by atoms with Gasteiger partial charge in [0.05, 0.1) is 17.6 Å². The summed E-state index contributed by atoms with van der Waals surface area (Å²) in [6.45, 7) is 4.50. The van der Waals surface area contributed by atoms with Gasteiger partial charge in [-0.25, -0.2) is 4.98 Å². The summed E-state index contributed by atoms with van der Waals surface area (Å²) in [5.74, 6) is 0.797. The number of nitrogens with one attached hydrogen (secondary N) is 2. The summed E-state index contributed by atoms with van der Waals surface area (Å²) in [5.41, 5.74) is 5.93. The first-order chi connectivity index (χ1) is 14.5. The number of hydrogen-bond donors (Lipinski definition) is 2. The topological polar surface area (TPSA) is 59.0 Å². The van der Waals surface area contributed by atoms with Crippen molar-refractivity contribution in [3.63, 3.8) is 0 Å². The van der Waals surface area contributed by atoms with Crippen LogP contribution in [0.4, 0.5) is 5.69 Å². The van der Waals surface area contributed by atoms with E-state index >= 15 is 0 Å². The van der Waals surface area contributed by atoms with Crippen LogP contribution in [0.15, 0.2) is 72.8 Å². The lowest BCUT2D eigenvalue weighted by Gasteiger charge is -2.20. The average Bonchev–Trinajstić information content (AvgIpc) is 3.07. The summed E-state index contributed by atoms with van der Waals surface area (Å²) in [5, 5.41) is 6.51. The zero-order chi connectivity index (χ0) is 21.1. The molecule has 1 heterocycles. The van der Waals surface area contributed by atoms with Crippen LogP contribution in [0, 0.1) is 13.8 Å². The number of anilines is 1. The third kappa shape index (κ3) is 4.11. The van der Waals surface area contributed by atoms with E-state index in [4.69, 9.17) is 4.98 Å². The predicted octanol–water partition coefficient (Wildman–Crippen LogP) is 4.66. The van der Waals surface area contributed by atoms with Gasteiger partial charge in [-0.15, -0.1) is 0 Å². The first kappa shape index (κ1) is 19.9. The molecule has 5 nitrogen and oxygen atoms in total. The summed E-state index contributed by atoms with van der Waals surface area (Å²) >= 11 is 0. The average molecular weight is 399 g/mol. The third-order valence-electron chi connectivity index (χ3n) is 5.39. The van der Waals surface area contributed by atoms with E-state index in [-0.39, 0.29) is 5.91 Å². The normalized spacial score (nSPS) is 12.1. The lowest BCUT2D eigenvalue weighted by Crippen LogP contribution is -2.33. The number of fused-ring (bicyclic) bond motifs is 1. The fourth-order valence-electron chi connectivity index (χ4n) is 3.63. The van der Waals surface area contributed by atoms with Crippen molar-refractivity contribution in [3.05, 3.63) is 95.3 Å². The van der Waals surface area contributed by atoms with Gasteiger partial charge in [-0.05, 0) is 48.7 Å². The van der Waals surface area contributed by atoms with E-state index < -0.39 is 6.04 Å². The minimum absolute atomic E-state index is 0.0892. The Labute approximate surface area is 176 Å². The van der Waals surface area contributed by atoms with E-state index in [1.807, 2.05) is 93.7 Å². The van der Waals surface area contributed by atoms with Gasteiger partial charge >= 0.3 is 0 Å². The largest absolute Gasteiger partial charge is 0.330 e. The Morgan fingerprint density at radius 1 is 1.00 bits per heavy atom. The van der Waals surface area contributed by atoms with Crippen LogP contribution in [0.5, 0.6) is 0 Å². The Morgan fingerprint density at radius 2 is 1.73 bits per heavy atom. The summed E-state index contributed by atoms with van der Waals surface area (Å²) in [4.78, 5) is 18.0. The zero-order valence-corrected chi connectivity index (χ0v) is 17.5. The molecule has 4 rings (SSSR count). The molecule has 1 atom stereocenters. The van der Waals surface area contributed by atoms with Crippen LogP contribution in [0.3, 0.4) is 0 Å². The number of amides is 1. The number of benzene rings is 3. The molecule has 5 heteroatoms. The Morgan fingerprint density at radius 3 is 2.50 bits per heavy atom. The highest BCUT2D eigenvalue weighted by atomic mass is 16.2. The predicted molar refractivity (Wildman–Crippen MR) is 121 cm³/mol. The number of carbonyl (C=O) groups is 1. The van der Waals surface area contributed by atoms with Gasteiger partial charge in [0, 0.05) is 12.7 Å². The Kier molecular flexibility index (Phi) is 5.63. The minimum Gasteiger partial charge on any atom is -0.330 e. The molecule has 4 aromatic rings. The second kappa shape index (κ2) is 8.51. The first-order valence-corrected chi connectivity index (χ1v) is 10.1. The quantitative estimate of drug-likeness (QED) is 0.497. The van der Waals surface area contributed by atoms with Gasteiger partial charge in [-0.3, -0.25) is 10.1 Å². The first-order valence-electron chi connectivity index (χ1n) is 10.1. The second-order valence-corrected chi connectivity index (χ2v) is 7.61. The molecule has 152 valence electrons. The van der Waals surface area contributed by atoms with Crippen molar-refractivity contribution in [1.29, 1.82) is 0 Å². The highest BCUT2D eigenvalue weighted by molar-refractivity contribution is 5.96. The van der Waals surface area contributed by atoms with Crippen molar-refractivity contribution in [2.45, 2.75) is 26.4 Å². The van der Waals surface area contributed by atoms with Crippen molar-refractivity contribution in [1.82, 2.24) is 14.9 Å². The minimum atomic E-state index is -0.495. The van der Waals surface area contributed by atoms with Crippen LogP contribution < -0.4 is 10.6 Å². The van der Waals surface area contributed by atoms with Crippen LogP contribution in [-0.2, 0) is 18.4 Å². The molecule has 3 aromatic carbocycles. The molecule has 0 saturated carbocycles. The third-order valence-corrected chi connectivity index (χ3v) is 5.39. The molecule has 0 unspecified atom stereocenters. The van der Waals surface area contributed by atoms with Crippen molar-refractivity contribution in [2.75, 3.05) is 5.32 Å². The van der Waals surface area contributed by atoms with E-state index in [0.29, 0.717) is 6.54 Å². The number of carbonyl (C=O) groups excluding carboxylic acids is 1. The monoisotopic (exact) mass is 398 g/mol. The number of rotatable bonds is 6. The lowest BCUT2D eigenvalue weighted by atomic mass is 10.1.